The van der Waals surface area contributed by atoms with Crippen molar-refractivity contribution in [3.8, 4) is 0 Å². The molecule has 0 radical (unpaired) electrons. The number of thioether (sulfide) groups is 1. The Kier molecular flexibility index (Phi) is 6.04. The number of hydrogen-bond donors (Lipinski definition) is 1. The molecule has 0 spiro atoms. The number of benzene rings is 2. The normalized spacial score (nSPS) is 11.6. The van der Waals surface area contributed by atoms with Gasteiger partial charge < -0.3 is 5.32 Å². The van der Waals surface area contributed by atoms with Crippen LogP contribution in [0.5, 0.6) is 0 Å². The molecular formula is C20H14F4N6OS. The van der Waals surface area contributed by atoms with Gasteiger partial charge in [0.05, 0.1) is 23.5 Å². The minimum absolute atomic E-state index is 0.191. The second-order valence-electron chi connectivity index (χ2n) is 6.60. The highest BCUT2D eigenvalue weighted by atomic mass is 32.2. The number of carbonyl (C=O) groups is 1. The Morgan fingerprint density at radius 3 is 2.56 bits per heavy atom. The van der Waals surface area contributed by atoms with Crippen LogP contribution in [0.3, 0.4) is 0 Å². The van der Waals surface area contributed by atoms with Crippen LogP contribution in [0.1, 0.15) is 11.1 Å². The molecule has 0 aliphatic carbocycles. The number of amides is 1. The Morgan fingerprint density at radius 1 is 1.06 bits per heavy atom. The zero-order valence-electron chi connectivity index (χ0n) is 16.2. The van der Waals surface area contributed by atoms with E-state index in [4.69, 9.17) is 0 Å². The van der Waals surface area contributed by atoms with Crippen LogP contribution in [0.15, 0.2) is 59.9 Å². The first-order valence-corrected chi connectivity index (χ1v) is 10.2. The van der Waals surface area contributed by atoms with Crippen molar-refractivity contribution in [3.05, 3.63) is 71.8 Å². The van der Waals surface area contributed by atoms with Gasteiger partial charge in [0.25, 0.3) is 0 Å². The summed E-state index contributed by atoms with van der Waals surface area (Å²) >= 11 is 1.00. The monoisotopic (exact) mass is 462 g/mol. The van der Waals surface area contributed by atoms with E-state index in [0.29, 0.717) is 22.7 Å². The maximum absolute atomic E-state index is 13.1. The maximum atomic E-state index is 13.1. The van der Waals surface area contributed by atoms with Crippen LogP contribution < -0.4 is 5.32 Å². The highest BCUT2D eigenvalue weighted by molar-refractivity contribution is 8.00. The summed E-state index contributed by atoms with van der Waals surface area (Å²) in [5.41, 5.74) is 0.307. The molecule has 0 bridgehead atoms. The van der Waals surface area contributed by atoms with Gasteiger partial charge in [-0.15, -0.1) is 5.10 Å². The molecule has 4 aromatic rings. The van der Waals surface area contributed by atoms with Gasteiger partial charge in [-0.1, -0.05) is 41.2 Å². The van der Waals surface area contributed by atoms with Crippen molar-refractivity contribution in [2.24, 2.45) is 0 Å². The quantitative estimate of drug-likeness (QED) is 0.263. The lowest BCUT2D eigenvalue weighted by Crippen LogP contribution is -2.18. The number of rotatable bonds is 6. The van der Waals surface area contributed by atoms with Gasteiger partial charge >= 0.3 is 6.18 Å². The summed E-state index contributed by atoms with van der Waals surface area (Å²) in [7, 11) is 0. The Morgan fingerprint density at radius 2 is 1.81 bits per heavy atom. The zero-order valence-corrected chi connectivity index (χ0v) is 17.0. The largest absolute Gasteiger partial charge is 0.418 e. The number of alkyl halides is 3. The van der Waals surface area contributed by atoms with E-state index < -0.39 is 17.6 Å². The van der Waals surface area contributed by atoms with E-state index in [1.807, 2.05) is 0 Å². The summed E-state index contributed by atoms with van der Waals surface area (Å²) in [5, 5.41) is 10.7. The van der Waals surface area contributed by atoms with Crippen molar-refractivity contribution in [1.82, 2.24) is 25.0 Å². The lowest BCUT2D eigenvalue weighted by Gasteiger charge is -2.13. The van der Waals surface area contributed by atoms with Crippen molar-refractivity contribution < 1.29 is 22.4 Å². The average molecular weight is 462 g/mol. The number of nitrogens with zero attached hydrogens (tertiary/aromatic N) is 5. The van der Waals surface area contributed by atoms with Gasteiger partial charge in [-0.25, -0.2) is 19.0 Å². The van der Waals surface area contributed by atoms with E-state index in [9.17, 15) is 22.4 Å². The molecule has 0 fully saturated rings. The fourth-order valence-corrected chi connectivity index (χ4v) is 3.64. The predicted octanol–water partition coefficient (Wildman–Crippen LogP) is 4.16. The van der Waals surface area contributed by atoms with Crippen LogP contribution in [-0.2, 0) is 17.5 Å². The molecule has 2 heterocycles. The molecule has 164 valence electrons. The third-order valence-electron chi connectivity index (χ3n) is 4.36. The number of fused-ring (bicyclic) bond motifs is 1. The van der Waals surface area contributed by atoms with Crippen molar-refractivity contribution in [3.63, 3.8) is 0 Å². The number of para-hydroxylation sites is 1. The summed E-state index contributed by atoms with van der Waals surface area (Å²) in [5.74, 6) is -1.17. The average Bonchev–Trinajstić information content (AvgIpc) is 3.17. The van der Waals surface area contributed by atoms with Gasteiger partial charge in [-0.05, 0) is 29.8 Å². The van der Waals surface area contributed by atoms with Crippen LogP contribution in [-0.4, -0.2) is 36.6 Å². The van der Waals surface area contributed by atoms with E-state index in [-0.39, 0.29) is 17.3 Å². The fourth-order valence-electron chi connectivity index (χ4n) is 2.91. The predicted molar refractivity (Wildman–Crippen MR) is 109 cm³/mol. The van der Waals surface area contributed by atoms with E-state index in [2.05, 4.69) is 25.6 Å². The summed E-state index contributed by atoms with van der Waals surface area (Å²) in [6.45, 7) is 0.298. The van der Waals surface area contributed by atoms with Crippen molar-refractivity contribution in [2.75, 3.05) is 11.1 Å². The van der Waals surface area contributed by atoms with Gasteiger partial charge in [0, 0.05) is 0 Å². The van der Waals surface area contributed by atoms with E-state index in [1.165, 1.54) is 41.3 Å². The molecule has 0 saturated carbocycles. The lowest BCUT2D eigenvalue weighted by molar-refractivity contribution is -0.137. The number of carbonyl (C=O) groups excluding carboxylic acids is 1. The summed E-state index contributed by atoms with van der Waals surface area (Å²) < 4.78 is 53.9. The number of anilines is 1. The molecule has 4 rings (SSSR count). The molecule has 1 amide bonds. The van der Waals surface area contributed by atoms with Gasteiger partial charge in [0.2, 0.25) is 5.91 Å². The number of halogens is 4. The molecule has 0 atom stereocenters. The first-order valence-electron chi connectivity index (χ1n) is 9.19. The smallest absolute Gasteiger partial charge is 0.325 e. The lowest BCUT2D eigenvalue weighted by atomic mass is 10.1. The molecule has 1 N–H and O–H groups in total. The van der Waals surface area contributed by atoms with Gasteiger partial charge in [0.1, 0.15) is 17.2 Å². The standard InChI is InChI=1S/C20H14F4N6OS/c21-13-7-5-12(6-8-13)9-30-18-17(28-29-30)19(26-11-25-18)32-10-16(31)27-15-4-2-1-3-14(15)20(22,23)24/h1-8,11H,9-10H2,(H,27,31). The van der Waals surface area contributed by atoms with Crippen LogP contribution in [0, 0.1) is 5.82 Å². The van der Waals surface area contributed by atoms with E-state index in [1.54, 1.807) is 12.1 Å². The van der Waals surface area contributed by atoms with E-state index >= 15 is 0 Å². The molecule has 7 nitrogen and oxygen atoms in total. The van der Waals surface area contributed by atoms with Gasteiger partial charge in [-0.2, -0.15) is 13.2 Å². The summed E-state index contributed by atoms with van der Waals surface area (Å²) in [4.78, 5) is 20.5. The van der Waals surface area contributed by atoms with Crippen molar-refractivity contribution in [1.29, 1.82) is 0 Å². The summed E-state index contributed by atoms with van der Waals surface area (Å²) in [6.07, 6.45) is -3.30. The summed E-state index contributed by atoms with van der Waals surface area (Å²) in [6, 6.07) is 10.6. The Labute approximate surface area is 182 Å². The molecule has 0 saturated heterocycles. The molecule has 0 aliphatic heterocycles. The first kappa shape index (κ1) is 21.7. The first-order chi connectivity index (χ1) is 15.3. The minimum atomic E-state index is -4.58. The van der Waals surface area contributed by atoms with Crippen LogP contribution in [0.4, 0.5) is 23.2 Å². The second kappa shape index (κ2) is 8.91. The zero-order chi connectivity index (χ0) is 22.7. The topological polar surface area (TPSA) is 85.6 Å². The highest BCUT2D eigenvalue weighted by Gasteiger charge is 2.33. The third kappa shape index (κ3) is 4.85. The Bertz CT molecular complexity index is 1260. The second-order valence-corrected chi connectivity index (χ2v) is 7.57. The molecule has 0 aliphatic rings. The molecule has 0 unspecified atom stereocenters. The SMILES string of the molecule is O=C(CSc1ncnc2c1nnn2Cc1ccc(F)cc1)Nc1ccccc1C(F)(F)F. The van der Waals surface area contributed by atoms with E-state index in [0.717, 1.165) is 23.4 Å². The van der Waals surface area contributed by atoms with Crippen LogP contribution >= 0.6 is 11.8 Å². The molecular weight excluding hydrogens is 448 g/mol. The fraction of sp³-hybridized carbons (Fsp3) is 0.150. The van der Waals surface area contributed by atoms with Crippen molar-refractivity contribution >= 4 is 34.5 Å². The van der Waals surface area contributed by atoms with Crippen LogP contribution in [0.25, 0.3) is 11.2 Å². The number of aromatic nitrogens is 5. The van der Waals surface area contributed by atoms with Gasteiger partial charge in [0.15, 0.2) is 11.2 Å². The molecule has 12 heteroatoms. The molecule has 32 heavy (non-hydrogen) atoms. The number of hydrogen-bond acceptors (Lipinski definition) is 6. The van der Waals surface area contributed by atoms with Gasteiger partial charge in [-0.3, -0.25) is 4.79 Å². The highest BCUT2D eigenvalue weighted by Crippen LogP contribution is 2.34. The molecule has 2 aromatic heterocycles. The Balaban J connectivity index is 1.47. The minimum Gasteiger partial charge on any atom is -0.325 e. The Hall–Kier alpha value is -3.54. The number of nitrogens with one attached hydrogen (secondary N) is 1. The van der Waals surface area contributed by atoms with Crippen molar-refractivity contribution in [2.45, 2.75) is 17.7 Å². The maximum Gasteiger partial charge on any atom is 0.418 e. The van der Waals surface area contributed by atoms with Crippen LogP contribution in [0.2, 0.25) is 0 Å². The molecule has 2 aromatic carbocycles. The third-order valence-corrected chi connectivity index (χ3v) is 5.34.